The monoisotopic (exact) mass is 416 g/mol. The van der Waals surface area contributed by atoms with Gasteiger partial charge in [0.05, 0.1) is 17.5 Å². The lowest BCUT2D eigenvalue weighted by atomic mass is 10.1. The molecular weight excluding hydrogens is 392 g/mol. The first kappa shape index (κ1) is 20.9. The molecule has 0 fully saturated rings. The molecule has 3 rings (SSSR count). The normalized spacial score (nSPS) is 15.7. The van der Waals surface area contributed by atoms with Gasteiger partial charge in [-0.25, -0.2) is 13.2 Å². The molecule has 154 valence electrons. The van der Waals surface area contributed by atoms with Gasteiger partial charge in [-0.1, -0.05) is 17.7 Å². The number of ether oxygens (including phenoxy) is 1. The second kappa shape index (κ2) is 7.87. The van der Waals surface area contributed by atoms with E-state index in [0.717, 1.165) is 22.9 Å². The summed E-state index contributed by atoms with van der Waals surface area (Å²) in [5, 5.41) is 2.72. The van der Waals surface area contributed by atoms with Crippen LogP contribution in [0.15, 0.2) is 36.4 Å². The number of amides is 1. The van der Waals surface area contributed by atoms with E-state index in [0.29, 0.717) is 17.8 Å². The first-order valence-corrected chi connectivity index (χ1v) is 11.1. The van der Waals surface area contributed by atoms with E-state index >= 15 is 0 Å². The number of rotatable bonds is 5. The summed E-state index contributed by atoms with van der Waals surface area (Å²) in [6.45, 7) is 5.26. The van der Waals surface area contributed by atoms with Gasteiger partial charge in [-0.15, -0.1) is 0 Å². The lowest BCUT2D eigenvalue weighted by Crippen LogP contribution is -2.34. The molecule has 7 nitrogen and oxygen atoms in total. The van der Waals surface area contributed by atoms with E-state index in [2.05, 4.69) is 5.32 Å². The number of carbonyl (C=O) groups excluding carboxylic acids is 2. The lowest BCUT2D eigenvalue weighted by molar-refractivity contribution is -0.119. The molecule has 0 saturated carbocycles. The van der Waals surface area contributed by atoms with Crippen molar-refractivity contribution in [1.29, 1.82) is 0 Å². The van der Waals surface area contributed by atoms with E-state index in [1.165, 1.54) is 10.4 Å². The molecule has 8 heteroatoms. The molecule has 2 aromatic carbocycles. The third kappa shape index (κ3) is 4.59. The number of aryl methyl sites for hydroxylation is 2. The van der Waals surface area contributed by atoms with Gasteiger partial charge in [0.25, 0.3) is 5.91 Å². The van der Waals surface area contributed by atoms with Gasteiger partial charge in [0.1, 0.15) is 0 Å². The first-order chi connectivity index (χ1) is 13.6. The Labute approximate surface area is 170 Å². The minimum absolute atomic E-state index is 0.213. The van der Waals surface area contributed by atoms with Crippen LogP contribution in [-0.2, 0) is 26.0 Å². The molecule has 0 spiro atoms. The van der Waals surface area contributed by atoms with Crippen LogP contribution in [0.1, 0.15) is 34.0 Å². The lowest BCUT2D eigenvalue weighted by Gasteiger charge is -2.21. The predicted octanol–water partition coefficient (Wildman–Crippen LogP) is 2.81. The zero-order valence-electron chi connectivity index (χ0n) is 16.9. The van der Waals surface area contributed by atoms with Crippen molar-refractivity contribution in [1.82, 2.24) is 0 Å². The fourth-order valence-corrected chi connectivity index (χ4v) is 4.85. The summed E-state index contributed by atoms with van der Waals surface area (Å²) in [5.74, 6) is -1.06. The van der Waals surface area contributed by atoms with E-state index in [4.69, 9.17) is 4.74 Å². The molecule has 0 radical (unpaired) electrons. The van der Waals surface area contributed by atoms with E-state index < -0.39 is 28.5 Å². The van der Waals surface area contributed by atoms with E-state index in [-0.39, 0.29) is 11.6 Å². The zero-order valence-corrected chi connectivity index (χ0v) is 17.7. The minimum Gasteiger partial charge on any atom is -0.452 e. The SMILES string of the molecule is Cc1ccc(NC(=O)COC(=O)c2ccc3c(c2)C[C@H](C)N3S(C)(=O)=O)c(C)c1. The molecule has 1 amide bonds. The Morgan fingerprint density at radius 3 is 2.55 bits per heavy atom. The van der Waals surface area contributed by atoms with Crippen LogP contribution in [0.4, 0.5) is 11.4 Å². The third-order valence-electron chi connectivity index (χ3n) is 4.82. The molecule has 0 saturated heterocycles. The van der Waals surface area contributed by atoms with E-state index in [9.17, 15) is 18.0 Å². The largest absolute Gasteiger partial charge is 0.452 e. The van der Waals surface area contributed by atoms with Gasteiger partial charge in [0.2, 0.25) is 10.0 Å². The Kier molecular flexibility index (Phi) is 5.66. The molecule has 1 aliphatic rings. The van der Waals surface area contributed by atoms with Crippen LogP contribution in [0.2, 0.25) is 0 Å². The Balaban J connectivity index is 1.65. The van der Waals surface area contributed by atoms with Gasteiger partial charge in [0.15, 0.2) is 6.61 Å². The average Bonchev–Trinajstić information content (AvgIpc) is 2.97. The van der Waals surface area contributed by atoms with Crippen LogP contribution in [0.25, 0.3) is 0 Å². The van der Waals surface area contributed by atoms with Crippen molar-refractivity contribution in [3.63, 3.8) is 0 Å². The standard InChI is InChI=1S/C21H24N2O5S/c1-13-5-7-18(14(2)9-13)22-20(24)12-28-21(25)16-6-8-19-17(11-16)10-15(3)23(19)29(4,26)27/h5-9,11,15H,10,12H2,1-4H3,(H,22,24)/t15-/m0/s1. The Morgan fingerprint density at radius 1 is 1.17 bits per heavy atom. The van der Waals surface area contributed by atoms with Gasteiger partial charge in [-0.2, -0.15) is 0 Å². The molecule has 29 heavy (non-hydrogen) atoms. The van der Waals surface area contributed by atoms with Crippen LogP contribution < -0.4 is 9.62 Å². The molecule has 0 unspecified atom stereocenters. The molecule has 1 heterocycles. The fourth-order valence-electron chi connectivity index (χ4n) is 3.59. The molecule has 2 aromatic rings. The number of anilines is 2. The number of hydrogen-bond acceptors (Lipinski definition) is 5. The van der Waals surface area contributed by atoms with Crippen molar-refractivity contribution in [2.75, 3.05) is 22.5 Å². The average molecular weight is 416 g/mol. The molecule has 1 aliphatic heterocycles. The Hall–Kier alpha value is -2.87. The van der Waals surface area contributed by atoms with Crippen LogP contribution >= 0.6 is 0 Å². The summed E-state index contributed by atoms with van der Waals surface area (Å²) in [6.07, 6.45) is 1.67. The zero-order chi connectivity index (χ0) is 21.3. The molecule has 0 aromatic heterocycles. The van der Waals surface area contributed by atoms with Gasteiger partial charge >= 0.3 is 5.97 Å². The smallest absolute Gasteiger partial charge is 0.338 e. The summed E-state index contributed by atoms with van der Waals surface area (Å²) >= 11 is 0. The fraction of sp³-hybridized carbons (Fsp3) is 0.333. The maximum atomic E-state index is 12.3. The second-order valence-corrected chi connectivity index (χ2v) is 9.26. The van der Waals surface area contributed by atoms with Gasteiger partial charge < -0.3 is 10.1 Å². The highest BCUT2D eigenvalue weighted by Crippen LogP contribution is 2.34. The molecular formula is C21H24N2O5S. The van der Waals surface area contributed by atoms with E-state index in [1.54, 1.807) is 18.2 Å². The number of esters is 1. The Bertz CT molecular complexity index is 1080. The maximum Gasteiger partial charge on any atom is 0.338 e. The number of hydrogen-bond donors (Lipinski definition) is 1. The highest BCUT2D eigenvalue weighted by atomic mass is 32.2. The van der Waals surface area contributed by atoms with Crippen LogP contribution in [0.3, 0.4) is 0 Å². The summed E-state index contributed by atoms with van der Waals surface area (Å²) in [6, 6.07) is 10.2. The second-order valence-electron chi connectivity index (χ2n) is 7.40. The number of nitrogens with one attached hydrogen (secondary N) is 1. The maximum absolute atomic E-state index is 12.3. The topological polar surface area (TPSA) is 92.8 Å². The summed E-state index contributed by atoms with van der Waals surface area (Å²) < 4.78 is 30.5. The summed E-state index contributed by atoms with van der Waals surface area (Å²) in [7, 11) is -3.39. The summed E-state index contributed by atoms with van der Waals surface area (Å²) in [4.78, 5) is 24.4. The van der Waals surface area contributed by atoms with Crippen molar-refractivity contribution in [3.8, 4) is 0 Å². The van der Waals surface area contributed by atoms with Crippen molar-refractivity contribution in [2.45, 2.75) is 33.2 Å². The highest BCUT2D eigenvalue weighted by Gasteiger charge is 2.32. The molecule has 1 atom stereocenters. The number of sulfonamides is 1. The van der Waals surface area contributed by atoms with E-state index in [1.807, 2.05) is 32.9 Å². The third-order valence-corrected chi connectivity index (χ3v) is 6.09. The van der Waals surface area contributed by atoms with Crippen molar-refractivity contribution in [2.24, 2.45) is 0 Å². The Morgan fingerprint density at radius 2 is 1.90 bits per heavy atom. The van der Waals surface area contributed by atoms with Crippen LogP contribution in [0.5, 0.6) is 0 Å². The first-order valence-electron chi connectivity index (χ1n) is 9.23. The number of carbonyl (C=O) groups is 2. The quantitative estimate of drug-likeness (QED) is 0.757. The summed E-state index contributed by atoms with van der Waals surface area (Å²) in [5.41, 5.74) is 4.30. The highest BCUT2D eigenvalue weighted by molar-refractivity contribution is 7.92. The molecule has 0 bridgehead atoms. The molecule has 0 aliphatic carbocycles. The number of fused-ring (bicyclic) bond motifs is 1. The van der Waals surface area contributed by atoms with Crippen molar-refractivity contribution < 1.29 is 22.7 Å². The van der Waals surface area contributed by atoms with Crippen LogP contribution in [0, 0.1) is 13.8 Å². The predicted molar refractivity (Wildman–Crippen MR) is 112 cm³/mol. The van der Waals surface area contributed by atoms with Crippen molar-refractivity contribution >= 4 is 33.3 Å². The van der Waals surface area contributed by atoms with Crippen molar-refractivity contribution in [3.05, 3.63) is 58.7 Å². The van der Waals surface area contributed by atoms with Gasteiger partial charge in [0, 0.05) is 11.7 Å². The number of benzene rings is 2. The van der Waals surface area contributed by atoms with Crippen LogP contribution in [-0.4, -0.2) is 39.2 Å². The van der Waals surface area contributed by atoms with Gasteiger partial charge in [-0.3, -0.25) is 9.10 Å². The minimum atomic E-state index is -3.39. The number of nitrogens with zero attached hydrogens (tertiary/aromatic N) is 1. The molecule has 1 N–H and O–H groups in total. The van der Waals surface area contributed by atoms with Gasteiger partial charge in [-0.05, 0) is 62.6 Å².